The molecule has 0 saturated carbocycles. The van der Waals surface area contributed by atoms with Crippen molar-refractivity contribution in [2.75, 3.05) is 19.6 Å². The van der Waals surface area contributed by atoms with Gasteiger partial charge in [0.2, 0.25) is 11.8 Å². The van der Waals surface area contributed by atoms with Crippen molar-refractivity contribution in [2.24, 2.45) is 5.92 Å². The minimum Gasteiger partial charge on any atom is -0.354 e. The molecule has 0 spiro atoms. The summed E-state index contributed by atoms with van der Waals surface area (Å²) in [5.41, 5.74) is 0. The predicted octanol–water partition coefficient (Wildman–Crippen LogP) is -0.214. The number of amides is 2. The summed E-state index contributed by atoms with van der Waals surface area (Å²) < 4.78 is 1.99. The molecule has 6 nitrogen and oxygen atoms in total. The van der Waals surface area contributed by atoms with Crippen molar-refractivity contribution in [3.8, 4) is 0 Å². The third-order valence-corrected chi connectivity index (χ3v) is 3.27. The van der Waals surface area contributed by atoms with Crippen LogP contribution in [0.3, 0.4) is 0 Å². The van der Waals surface area contributed by atoms with Gasteiger partial charge in [0, 0.05) is 45.5 Å². The van der Waals surface area contributed by atoms with Crippen LogP contribution in [0.5, 0.6) is 0 Å². The van der Waals surface area contributed by atoms with Gasteiger partial charge in [-0.25, -0.2) is 4.98 Å². The minimum atomic E-state index is -0.0437. The van der Waals surface area contributed by atoms with Gasteiger partial charge in [-0.05, 0) is 6.92 Å². The number of likely N-dealkylation sites (tertiary alicyclic amines) is 1. The van der Waals surface area contributed by atoms with Crippen LogP contribution in [0.2, 0.25) is 0 Å². The zero-order chi connectivity index (χ0) is 13.1. The third kappa shape index (κ3) is 2.69. The summed E-state index contributed by atoms with van der Waals surface area (Å²) in [6.07, 6.45) is 3.64. The first-order valence-corrected chi connectivity index (χ1v) is 6.09. The molecule has 0 radical (unpaired) electrons. The second-order valence-corrected chi connectivity index (χ2v) is 4.58. The second-order valence-electron chi connectivity index (χ2n) is 4.58. The van der Waals surface area contributed by atoms with E-state index in [1.807, 2.05) is 17.7 Å². The molecular formula is C12H18N4O2. The maximum absolute atomic E-state index is 11.7. The van der Waals surface area contributed by atoms with Crippen LogP contribution in [0, 0.1) is 12.8 Å². The normalized spacial score (nSPS) is 15.3. The van der Waals surface area contributed by atoms with E-state index in [1.165, 1.54) is 6.92 Å². The molecule has 2 amide bonds. The first-order valence-electron chi connectivity index (χ1n) is 6.09. The number of carbonyl (C=O) groups is 2. The zero-order valence-electron chi connectivity index (χ0n) is 10.7. The molecule has 0 aliphatic carbocycles. The van der Waals surface area contributed by atoms with Gasteiger partial charge in [0.25, 0.3) is 0 Å². The summed E-state index contributed by atoms with van der Waals surface area (Å²) in [5.74, 6) is 0.965. The average Bonchev–Trinajstić information content (AvgIpc) is 2.61. The summed E-state index contributed by atoms with van der Waals surface area (Å²) in [4.78, 5) is 28.5. The van der Waals surface area contributed by atoms with Gasteiger partial charge in [-0.3, -0.25) is 9.59 Å². The number of nitrogens with zero attached hydrogens (tertiary/aromatic N) is 3. The van der Waals surface area contributed by atoms with Crippen LogP contribution >= 0.6 is 0 Å². The maximum atomic E-state index is 11.7. The molecule has 2 heterocycles. The Hall–Kier alpha value is -1.85. The molecule has 0 bridgehead atoms. The van der Waals surface area contributed by atoms with Gasteiger partial charge in [0.1, 0.15) is 5.82 Å². The van der Waals surface area contributed by atoms with Gasteiger partial charge >= 0.3 is 0 Å². The first-order chi connectivity index (χ1) is 8.58. The lowest BCUT2D eigenvalue weighted by molar-refractivity contribution is -0.141. The molecule has 0 aromatic carbocycles. The number of carbonyl (C=O) groups excluding carboxylic acids is 2. The summed E-state index contributed by atoms with van der Waals surface area (Å²) in [5, 5.41) is 2.88. The number of hydrogen-bond acceptors (Lipinski definition) is 3. The van der Waals surface area contributed by atoms with Gasteiger partial charge in [0.05, 0.1) is 5.92 Å². The van der Waals surface area contributed by atoms with Crippen LogP contribution in [0.1, 0.15) is 12.7 Å². The molecule has 18 heavy (non-hydrogen) atoms. The highest BCUT2D eigenvalue weighted by atomic mass is 16.2. The standard InChI is InChI=1S/C12H18N4O2/c1-9-13-3-5-15(9)6-4-14-12(18)11-7-16(8-11)10(2)17/h3,5,11H,4,6-8H2,1-2H3,(H,14,18). The van der Waals surface area contributed by atoms with Crippen molar-refractivity contribution < 1.29 is 9.59 Å². The Morgan fingerprint density at radius 2 is 2.22 bits per heavy atom. The van der Waals surface area contributed by atoms with Gasteiger partial charge in [-0.1, -0.05) is 0 Å². The average molecular weight is 250 g/mol. The Morgan fingerprint density at radius 3 is 2.78 bits per heavy atom. The molecular weight excluding hydrogens is 232 g/mol. The van der Waals surface area contributed by atoms with Crippen molar-refractivity contribution in [3.63, 3.8) is 0 Å². The van der Waals surface area contributed by atoms with Crippen LogP contribution < -0.4 is 5.32 Å². The van der Waals surface area contributed by atoms with E-state index < -0.39 is 0 Å². The Morgan fingerprint density at radius 1 is 1.50 bits per heavy atom. The van der Waals surface area contributed by atoms with Crippen LogP contribution in [-0.2, 0) is 16.1 Å². The number of rotatable bonds is 4. The fraction of sp³-hybridized carbons (Fsp3) is 0.583. The van der Waals surface area contributed by atoms with Crippen molar-refractivity contribution in [1.82, 2.24) is 19.8 Å². The number of imidazole rings is 1. The van der Waals surface area contributed by atoms with Gasteiger partial charge in [-0.2, -0.15) is 0 Å². The molecule has 0 atom stereocenters. The molecule has 2 rings (SSSR count). The van der Waals surface area contributed by atoms with Crippen LogP contribution in [0.15, 0.2) is 12.4 Å². The van der Waals surface area contributed by atoms with E-state index in [2.05, 4.69) is 10.3 Å². The van der Waals surface area contributed by atoms with Crippen LogP contribution in [0.4, 0.5) is 0 Å². The molecule has 1 fully saturated rings. The van der Waals surface area contributed by atoms with Gasteiger partial charge in [0.15, 0.2) is 0 Å². The van der Waals surface area contributed by atoms with E-state index in [9.17, 15) is 9.59 Å². The predicted molar refractivity (Wildman–Crippen MR) is 65.7 cm³/mol. The lowest BCUT2D eigenvalue weighted by Crippen LogP contribution is -2.55. The molecule has 1 N–H and O–H groups in total. The van der Waals surface area contributed by atoms with Gasteiger partial charge in [-0.15, -0.1) is 0 Å². The van der Waals surface area contributed by atoms with Crippen molar-refractivity contribution >= 4 is 11.8 Å². The molecule has 1 aromatic rings. The maximum Gasteiger partial charge on any atom is 0.226 e. The minimum absolute atomic E-state index is 0.0327. The van der Waals surface area contributed by atoms with E-state index in [1.54, 1.807) is 11.1 Å². The Labute approximate surface area is 106 Å². The lowest BCUT2D eigenvalue weighted by Gasteiger charge is -2.37. The summed E-state index contributed by atoms with van der Waals surface area (Å²) in [7, 11) is 0. The molecule has 1 aliphatic heterocycles. The fourth-order valence-corrected chi connectivity index (χ4v) is 1.99. The topological polar surface area (TPSA) is 67.2 Å². The SMILES string of the molecule is CC(=O)N1CC(C(=O)NCCn2ccnc2C)C1. The van der Waals surface area contributed by atoms with E-state index in [-0.39, 0.29) is 17.7 Å². The van der Waals surface area contributed by atoms with Crippen LogP contribution in [0.25, 0.3) is 0 Å². The molecule has 1 aliphatic rings. The summed E-state index contributed by atoms with van der Waals surface area (Å²) in [6, 6.07) is 0. The van der Waals surface area contributed by atoms with E-state index >= 15 is 0 Å². The number of aromatic nitrogens is 2. The highest BCUT2D eigenvalue weighted by molar-refractivity contribution is 5.83. The fourth-order valence-electron chi connectivity index (χ4n) is 1.99. The van der Waals surface area contributed by atoms with E-state index in [0.29, 0.717) is 19.6 Å². The number of nitrogens with one attached hydrogen (secondary N) is 1. The highest BCUT2D eigenvalue weighted by Gasteiger charge is 2.33. The molecule has 6 heteroatoms. The number of aryl methyl sites for hydroxylation is 1. The van der Waals surface area contributed by atoms with Crippen molar-refractivity contribution in [1.29, 1.82) is 0 Å². The zero-order valence-corrected chi connectivity index (χ0v) is 10.7. The smallest absolute Gasteiger partial charge is 0.226 e. The molecule has 1 aromatic heterocycles. The summed E-state index contributed by atoms with van der Waals surface area (Å²) in [6.45, 7) is 5.86. The monoisotopic (exact) mass is 250 g/mol. The molecule has 98 valence electrons. The Balaban J connectivity index is 1.67. The molecule has 1 saturated heterocycles. The Bertz CT molecular complexity index is 449. The first kappa shape index (κ1) is 12.6. The summed E-state index contributed by atoms with van der Waals surface area (Å²) >= 11 is 0. The van der Waals surface area contributed by atoms with Gasteiger partial charge < -0.3 is 14.8 Å². The van der Waals surface area contributed by atoms with E-state index in [4.69, 9.17) is 0 Å². The highest BCUT2D eigenvalue weighted by Crippen LogP contribution is 2.15. The number of hydrogen-bond donors (Lipinski definition) is 1. The van der Waals surface area contributed by atoms with E-state index in [0.717, 1.165) is 12.4 Å². The molecule has 0 unspecified atom stereocenters. The van der Waals surface area contributed by atoms with Crippen molar-refractivity contribution in [3.05, 3.63) is 18.2 Å². The second kappa shape index (κ2) is 5.20. The Kier molecular flexibility index (Phi) is 3.64. The van der Waals surface area contributed by atoms with Crippen LogP contribution in [-0.4, -0.2) is 45.9 Å². The quantitative estimate of drug-likeness (QED) is 0.803. The van der Waals surface area contributed by atoms with Crippen molar-refractivity contribution in [2.45, 2.75) is 20.4 Å². The lowest BCUT2D eigenvalue weighted by atomic mass is 9.99. The largest absolute Gasteiger partial charge is 0.354 e. The third-order valence-electron chi connectivity index (χ3n) is 3.27.